The number of carbonyl (C=O) groups is 1. The zero-order chi connectivity index (χ0) is 18.7. The molecular weight excluding hydrogens is 356 g/mol. The molecule has 2 aromatic rings. The van der Waals surface area contributed by atoms with E-state index in [4.69, 9.17) is 21.1 Å². The van der Waals surface area contributed by atoms with Gasteiger partial charge in [-0.15, -0.1) is 0 Å². The Morgan fingerprint density at radius 3 is 2.85 bits per heavy atom. The van der Waals surface area contributed by atoms with Gasteiger partial charge in [-0.05, 0) is 42.8 Å². The largest absolute Gasteiger partial charge is 0.486 e. The average Bonchev–Trinajstić information content (AvgIpc) is 2.65. The van der Waals surface area contributed by atoms with Crippen molar-refractivity contribution >= 4 is 23.1 Å². The minimum absolute atomic E-state index is 0.100. The number of fused-ring (bicyclic) bond motifs is 1. The van der Waals surface area contributed by atoms with Crippen LogP contribution >= 0.6 is 11.6 Å². The number of Topliss-reactive ketones (excluding diaryl/α,β-unsaturated/α-hetero) is 1. The van der Waals surface area contributed by atoms with Crippen LogP contribution in [0, 0.1) is 11.3 Å². The zero-order valence-electron chi connectivity index (χ0n) is 14.1. The van der Waals surface area contributed by atoms with Crippen LogP contribution in [0.5, 0.6) is 11.5 Å². The average molecular weight is 373 g/mol. The predicted octanol–water partition coefficient (Wildman–Crippen LogP) is 3.33. The molecule has 0 bridgehead atoms. The molecule has 134 valence electrons. The Hall–Kier alpha value is -2.75. The van der Waals surface area contributed by atoms with Gasteiger partial charge in [-0.1, -0.05) is 11.6 Å². The van der Waals surface area contributed by atoms with Gasteiger partial charge in [0.1, 0.15) is 19.3 Å². The fourth-order valence-corrected chi connectivity index (χ4v) is 2.93. The third-order valence-corrected chi connectivity index (χ3v) is 4.32. The van der Waals surface area contributed by atoms with E-state index in [1.54, 1.807) is 30.3 Å². The van der Waals surface area contributed by atoms with Crippen LogP contribution in [0.3, 0.4) is 0 Å². The highest BCUT2D eigenvalue weighted by atomic mass is 35.5. The quantitative estimate of drug-likeness (QED) is 0.782. The molecule has 0 saturated heterocycles. The third kappa shape index (κ3) is 3.74. The van der Waals surface area contributed by atoms with Gasteiger partial charge >= 0.3 is 0 Å². The highest BCUT2D eigenvalue weighted by Crippen LogP contribution is 2.39. The lowest BCUT2D eigenvalue weighted by molar-refractivity contribution is 0.101. The molecule has 7 heteroatoms. The Morgan fingerprint density at radius 1 is 1.35 bits per heavy atom. The number of aliphatic hydroxyl groups is 1. The second-order valence-electron chi connectivity index (χ2n) is 5.85. The van der Waals surface area contributed by atoms with Crippen LogP contribution in [0.2, 0.25) is 5.02 Å². The summed E-state index contributed by atoms with van der Waals surface area (Å²) in [6.07, 6.45) is -0.893. The number of nitrogens with one attached hydrogen (secondary N) is 1. The molecule has 0 saturated carbocycles. The van der Waals surface area contributed by atoms with Crippen LogP contribution in [-0.4, -0.2) is 30.6 Å². The van der Waals surface area contributed by atoms with Crippen molar-refractivity contribution in [1.82, 2.24) is 0 Å². The van der Waals surface area contributed by atoms with Gasteiger partial charge in [0.25, 0.3) is 0 Å². The van der Waals surface area contributed by atoms with E-state index in [0.717, 1.165) is 0 Å². The second kappa shape index (κ2) is 7.65. The molecule has 0 fully saturated rings. The number of benzene rings is 2. The maximum atomic E-state index is 11.5. The summed E-state index contributed by atoms with van der Waals surface area (Å²) in [4.78, 5) is 11.5. The lowest BCUT2D eigenvalue weighted by Crippen LogP contribution is -2.17. The van der Waals surface area contributed by atoms with Crippen LogP contribution in [0.15, 0.2) is 30.3 Å². The molecule has 26 heavy (non-hydrogen) atoms. The molecule has 0 amide bonds. The number of halogens is 1. The number of aliphatic hydroxyl groups excluding tert-OH is 1. The van der Waals surface area contributed by atoms with Gasteiger partial charge < -0.3 is 19.9 Å². The maximum Gasteiger partial charge on any atom is 0.179 e. The number of anilines is 1. The summed E-state index contributed by atoms with van der Waals surface area (Å²) in [5, 5.41) is 23.1. The Balaban J connectivity index is 1.78. The van der Waals surface area contributed by atoms with E-state index in [1.165, 1.54) is 6.92 Å². The molecule has 1 aliphatic rings. The first kappa shape index (κ1) is 18.1. The molecule has 6 nitrogen and oxygen atoms in total. The van der Waals surface area contributed by atoms with Gasteiger partial charge in [0.05, 0.1) is 22.4 Å². The minimum atomic E-state index is -0.893. The minimum Gasteiger partial charge on any atom is -0.486 e. The number of hydrogen-bond acceptors (Lipinski definition) is 6. The van der Waals surface area contributed by atoms with E-state index in [2.05, 4.69) is 11.4 Å². The first-order chi connectivity index (χ1) is 12.5. The van der Waals surface area contributed by atoms with E-state index >= 15 is 0 Å². The summed E-state index contributed by atoms with van der Waals surface area (Å²) in [5.41, 5.74) is 1.93. The van der Waals surface area contributed by atoms with Crippen LogP contribution in [0.25, 0.3) is 0 Å². The summed E-state index contributed by atoms with van der Waals surface area (Å²) in [6.45, 7) is 2.44. The Bertz CT molecular complexity index is 892. The highest BCUT2D eigenvalue weighted by molar-refractivity contribution is 6.32. The van der Waals surface area contributed by atoms with Gasteiger partial charge in [-0.2, -0.15) is 5.26 Å². The van der Waals surface area contributed by atoms with Crippen molar-refractivity contribution in [3.8, 4) is 17.6 Å². The molecule has 0 radical (unpaired) electrons. The number of hydrogen-bond donors (Lipinski definition) is 2. The van der Waals surface area contributed by atoms with Gasteiger partial charge in [0.15, 0.2) is 17.3 Å². The smallest absolute Gasteiger partial charge is 0.179 e. The standard InChI is InChI=1S/C19H17ClN2O4/c1-11(23)12-2-3-13(9-21)16(7-12)22-10-17(24)14-6-15(20)19-18(8-14)25-4-5-26-19/h2-3,6-8,17,22,24H,4-5,10H2,1H3. The first-order valence-electron chi connectivity index (χ1n) is 8.05. The molecule has 3 rings (SSSR count). The van der Waals surface area contributed by atoms with Crippen LogP contribution in [-0.2, 0) is 0 Å². The summed E-state index contributed by atoms with van der Waals surface area (Å²) in [6, 6.07) is 10.1. The molecule has 0 spiro atoms. The monoisotopic (exact) mass is 372 g/mol. The topological polar surface area (TPSA) is 91.6 Å². The predicted molar refractivity (Wildman–Crippen MR) is 97.1 cm³/mol. The lowest BCUT2D eigenvalue weighted by Gasteiger charge is -2.22. The number of rotatable bonds is 5. The third-order valence-electron chi connectivity index (χ3n) is 4.04. The van der Waals surface area contributed by atoms with E-state index in [-0.39, 0.29) is 12.3 Å². The summed E-state index contributed by atoms with van der Waals surface area (Å²) in [5.74, 6) is 0.869. The van der Waals surface area contributed by atoms with E-state index in [0.29, 0.717) is 52.1 Å². The molecule has 2 aromatic carbocycles. The van der Waals surface area contributed by atoms with Crippen molar-refractivity contribution in [1.29, 1.82) is 5.26 Å². The second-order valence-corrected chi connectivity index (χ2v) is 6.26. The van der Waals surface area contributed by atoms with Crippen molar-refractivity contribution in [3.05, 3.63) is 52.0 Å². The first-order valence-corrected chi connectivity index (χ1v) is 8.43. The van der Waals surface area contributed by atoms with E-state index in [1.807, 2.05) is 0 Å². The molecule has 1 atom stereocenters. The van der Waals surface area contributed by atoms with Gasteiger partial charge in [0.2, 0.25) is 0 Å². The molecule has 1 aliphatic heterocycles. The van der Waals surface area contributed by atoms with E-state index in [9.17, 15) is 15.2 Å². The number of ketones is 1. The molecular formula is C19H17ClN2O4. The van der Waals surface area contributed by atoms with Gasteiger partial charge in [-0.3, -0.25) is 4.79 Å². The SMILES string of the molecule is CC(=O)c1ccc(C#N)c(NCC(O)c2cc(Cl)c3c(c2)OCCO3)c1. The Labute approximate surface area is 155 Å². The van der Waals surface area contributed by atoms with Crippen molar-refractivity contribution in [2.75, 3.05) is 25.1 Å². The lowest BCUT2D eigenvalue weighted by atomic mass is 10.1. The highest BCUT2D eigenvalue weighted by Gasteiger charge is 2.19. The Morgan fingerprint density at radius 2 is 2.12 bits per heavy atom. The van der Waals surface area contributed by atoms with Crippen molar-refractivity contribution < 1.29 is 19.4 Å². The molecule has 0 aliphatic carbocycles. The van der Waals surface area contributed by atoms with Gasteiger partial charge in [0, 0.05) is 12.1 Å². The van der Waals surface area contributed by atoms with E-state index < -0.39 is 6.10 Å². The van der Waals surface area contributed by atoms with Crippen LogP contribution in [0.1, 0.15) is 34.5 Å². The number of nitrogens with zero attached hydrogens (tertiary/aromatic N) is 1. The molecule has 1 unspecified atom stereocenters. The summed E-state index contributed by atoms with van der Waals surface area (Å²) >= 11 is 6.19. The zero-order valence-corrected chi connectivity index (χ0v) is 14.8. The van der Waals surface area contributed by atoms with Crippen molar-refractivity contribution in [2.24, 2.45) is 0 Å². The van der Waals surface area contributed by atoms with Crippen LogP contribution < -0.4 is 14.8 Å². The number of carbonyl (C=O) groups excluding carboxylic acids is 1. The molecule has 2 N–H and O–H groups in total. The summed E-state index contributed by atoms with van der Waals surface area (Å²) < 4.78 is 11.0. The maximum absolute atomic E-state index is 11.5. The number of ether oxygens (including phenoxy) is 2. The van der Waals surface area contributed by atoms with Crippen molar-refractivity contribution in [3.63, 3.8) is 0 Å². The molecule has 0 aromatic heterocycles. The summed E-state index contributed by atoms with van der Waals surface area (Å²) in [7, 11) is 0. The van der Waals surface area contributed by atoms with Crippen LogP contribution in [0.4, 0.5) is 5.69 Å². The Kier molecular flexibility index (Phi) is 5.31. The normalized spacial score (nSPS) is 13.6. The van der Waals surface area contributed by atoms with Gasteiger partial charge in [-0.25, -0.2) is 0 Å². The fraction of sp³-hybridized carbons (Fsp3) is 0.263. The number of nitriles is 1. The molecule has 1 heterocycles. The fourth-order valence-electron chi connectivity index (χ4n) is 2.65. The van der Waals surface area contributed by atoms with Crippen molar-refractivity contribution in [2.45, 2.75) is 13.0 Å².